The molecule has 0 saturated carbocycles. The lowest BCUT2D eigenvalue weighted by atomic mass is 10.0. The minimum atomic E-state index is -0.0627. The minimum absolute atomic E-state index is 0.0627. The van der Waals surface area contributed by atoms with Crippen LogP contribution in [0.25, 0.3) is 22.8 Å². The van der Waals surface area contributed by atoms with E-state index >= 15 is 0 Å². The highest BCUT2D eigenvalue weighted by molar-refractivity contribution is 7.03. The molecule has 3 heterocycles. The van der Waals surface area contributed by atoms with Crippen LogP contribution in [0, 0.1) is 13.8 Å². The topological polar surface area (TPSA) is 57.8 Å². The molecular formula is C18H15N3OS. The number of amides is 1. The molecule has 2 N–H and O–H groups in total. The van der Waals surface area contributed by atoms with E-state index in [1.54, 1.807) is 0 Å². The van der Waals surface area contributed by atoms with Gasteiger partial charge in [0.1, 0.15) is 0 Å². The van der Waals surface area contributed by atoms with Gasteiger partial charge in [-0.1, -0.05) is 6.07 Å². The molecule has 3 aromatic rings. The van der Waals surface area contributed by atoms with Gasteiger partial charge in [0.2, 0.25) is 0 Å². The summed E-state index contributed by atoms with van der Waals surface area (Å²) in [6.07, 6.45) is 3.78. The van der Waals surface area contributed by atoms with E-state index in [1.165, 1.54) is 11.5 Å². The van der Waals surface area contributed by atoms with Gasteiger partial charge >= 0.3 is 0 Å². The molecule has 0 aliphatic carbocycles. The number of fused-ring (bicyclic) bond motifs is 1. The quantitative estimate of drug-likeness (QED) is 0.693. The van der Waals surface area contributed by atoms with E-state index < -0.39 is 0 Å². The lowest BCUT2D eigenvalue weighted by Gasteiger charge is -2.03. The fourth-order valence-corrected chi connectivity index (χ4v) is 3.45. The van der Waals surface area contributed by atoms with Gasteiger partial charge in [-0.2, -0.15) is 0 Å². The fraction of sp³-hybridized carbons (Fsp3) is 0.111. The summed E-state index contributed by atoms with van der Waals surface area (Å²) < 4.78 is 4.15. The summed E-state index contributed by atoms with van der Waals surface area (Å²) in [5.74, 6) is -0.0627. The predicted octanol–water partition coefficient (Wildman–Crippen LogP) is 4.25. The number of aromatic nitrogens is 2. The number of rotatable bonds is 2. The van der Waals surface area contributed by atoms with E-state index in [1.807, 2.05) is 49.7 Å². The van der Waals surface area contributed by atoms with Crippen LogP contribution in [0.2, 0.25) is 0 Å². The number of nitrogens with zero attached hydrogens (tertiary/aromatic N) is 1. The average Bonchev–Trinajstić information content (AvgIpc) is 3.21. The van der Waals surface area contributed by atoms with Crippen LogP contribution in [0.3, 0.4) is 0 Å². The van der Waals surface area contributed by atoms with E-state index in [0.717, 1.165) is 39.3 Å². The van der Waals surface area contributed by atoms with Crippen LogP contribution in [0.15, 0.2) is 35.8 Å². The van der Waals surface area contributed by atoms with Gasteiger partial charge in [0.05, 0.1) is 5.57 Å². The highest BCUT2D eigenvalue weighted by atomic mass is 32.1. The number of carbonyl (C=O) groups excluding carboxylic acids is 1. The van der Waals surface area contributed by atoms with Gasteiger partial charge in [0, 0.05) is 39.8 Å². The summed E-state index contributed by atoms with van der Waals surface area (Å²) >= 11 is 1.42. The van der Waals surface area contributed by atoms with Gasteiger partial charge in [-0.25, -0.2) is 4.37 Å². The maximum absolute atomic E-state index is 12.3. The molecule has 4 nitrogen and oxygen atoms in total. The summed E-state index contributed by atoms with van der Waals surface area (Å²) in [5.41, 5.74) is 7.82. The van der Waals surface area contributed by atoms with Crippen molar-refractivity contribution in [3.63, 3.8) is 0 Å². The first-order chi connectivity index (χ1) is 11.1. The molecule has 0 fully saturated rings. The lowest BCUT2D eigenvalue weighted by Crippen LogP contribution is -2.03. The van der Waals surface area contributed by atoms with Gasteiger partial charge in [-0.05, 0) is 60.8 Å². The first kappa shape index (κ1) is 14.0. The van der Waals surface area contributed by atoms with Crippen molar-refractivity contribution >= 4 is 34.8 Å². The average molecular weight is 321 g/mol. The van der Waals surface area contributed by atoms with Gasteiger partial charge in [-0.3, -0.25) is 4.79 Å². The number of carbonyl (C=O) groups is 1. The number of nitrogens with one attached hydrogen (secondary N) is 2. The molecule has 0 spiro atoms. The Kier molecular flexibility index (Phi) is 3.16. The van der Waals surface area contributed by atoms with Crippen molar-refractivity contribution in [1.82, 2.24) is 9.36 Å². The van der Waals surface area contributed by atoms with Crippen molar-refractivity contribution in [1.29, 1.82) is 0 Å². The number of benzene rings is 1. The van der Waals surface area contributed by atoms with Crippen LogP contribution in [-0.2, 0) is 4.79 Å². The van der Waals surface area contributed by atoms with Crippen LogP contribution in [-0.4, -0.2) is 15.3 Å². The first-order valence-corrected chi connectivity index (χ1v) is 8.19. The smallest absolute Gasteiger partial charge is 0.256 e. The maximum atomic E-state index is 12.3. The third-order valence-corrected chi connectivity index (χ3v) is 4.63. The van der Waals surface area contributed by atoms with Crippen LogP contribution < -0.4 is 5.32 Å². The third-order valence-electron chi connectivity index (χ3n) is 4.05. The standard InChI is InChI=1S/C18H15N3OS/c1-10-5-11(2)20-17(10)7-15-14-6-12(13-8-19-23-9-13)3-4-16(14)21-18(15)22/h3-9,20H,1-2H3,(H,21,22)/b15-7-. The Balaban J connectivity index is 1.83. The van der Waals surface area contributed by atoms with Crippen molar-refractivity contribution < 1.29 is 4.79 Å². The summed E-state index contributed by atoms with van der Waals surface area (Å²) in [6.45, 7) is 4.05. The minimum Gasteiger partial charge on any atom is -0.359 e. The monoisotopic (exact) mass is 321 g/mol. The molecule has 4 rings (SSSR count). The zero-order valence-electron chi connectivity index (χ0n) is 12.8. The molecule has 2 aromatic heterocycles. The molecular weight excluding hydrogens is 306 g/mol. The molecule has 1 amide bonds. The van der Waals surface area contributed by atoms with Gasteiger partial charge in [0.25, 0.3) is 5.91 Å². The number of hydrogen-bond donors (Lipinski definition) is 2. The van der Waals surface area contributed by atoms with E-state index in [4.69, 9.17) is 0 Å². The molecule has 114 valence electrons. The normalized spacial score (nSPS) is 15.0. The van der Waals surface area contributed by atoms with E-state index in [0.29, 0.717) is 5.57 Å². The molecule has 5 heteroatoms. The number of H-pyrrole nitrogens is 1. The summed E-state index contributed by atoms with van der Waals surface area (Å²) in [4.78, 5) is 15.6. The molecule has 0 saturated heterocycles. The van der Waals surface area contributed by atoms with E-state index in [2.05, 4.69) is 20.7 Å². The third kappa shape index (κ3) is 2.39. The Hall–Kier alpha value is -2.66. The van der Waals surface area contributed by atoms with Gasteiger partial charge in [0.15, 0.2) is 0 Å². The van der Waals surface area contributed by atoms with Crippen molar-refractivity contribution in [3.05, 3.63) is 58.4 Å². The zero-order chi connectivity index (χ0) is 16.0. The molecule has 0 bridgehead atoms. The first-order valence-electron chi connectivity index (χ1n) is 7.35. The number of aromatic amines is 1. The van der Waals surface area contributed by atoms with Crippen LogP contribution in [0.4, 0.5) is 5.69 Å². The van der Waals surface area contributed by atoms with Crippen LogP contribution in [0.5, 0.6) is 0 Å². The van der Waals surface area contributed by atoms with Gasteiger partial charge < -0.3 is 10.3 Å². The van der Waals surface area contributed by atoms with Gasteiger partial charge in [-0.15, -0.1) is 0 Å². The Labute approximate surface area is 138 Å². The SMILES string of the molecule is Cc1cc(C)c(/C=C2\C(=O)Nc3ccc(-c4cnsc4)cc32)[nH]1. The molecule has 0 atom stereocenters. The molecule has 1 aromatic carbocycles. The van der Waals surface area contributed by atoms with Crippen molar-refractivity contribution in [2.75, 3.05) is 5.32 Å². The highest BCUT2D eigenvalue weighted by Gasteiger charge is 2.25. The number of aryl methyl sites for hydroxylation is 2. The van der Waals surface area contributed by atoms with Crippen LogP contribution >= 0.6 is 11.5 Å². The van der Waals surface area contributed by atoms with Crippen molar-refractivity contribution in [2.24, 2.45) is 0 Å². The Morgan fingerprint density at radius 3 is 2.74 bits per heavy atom. The molecule has 1 aliphatic heterocycles. The molecule has 1 aliphatic rings. The molecule has 0 radical (unpaired) electrons. The number of hydrogen-bond acceptors (Lipinski definition) is 3. The van der Waals surface area contributed by atoms with Crippen molar-refractivity contribution in [3.8, 4) is 11.1 Å². The summed E-state index contributed by atoms with van der Waals surface area (Å²) in [5, 5.41) is 4.94. The second-order valence-corrected chi connectivity index (χ2v) is 6.39. The zero-order valence-corrected chi connectivity index (χ0v) is 13.6. The Bertz CT molecular complexity index is 935. The largest absolute Gasteiger partial charge is 0.359 e. The summed E-state index contributed by atoms with van der Waals surface area (Å²) in [7, 11) is 0. The highest BCUT2D eigenvalue weighted by Crippen LogP contribution is 2.36. The predicted molar refractivity (Wildman–Crippen MR) is 94.3 cm³/mol. The molecule has 23 heavy (non-hydrogen) atoms. The summed E-state index contributed by atoms with van der Waals surface area (Å²) in [6, 6.07) is 8.09. The van der Waals surface area contributed by atoms with Crippen LogP contribution in [0.1, 0.15) is 22.5 Å². The van der Waals surface area contributed by atoms with E-state index in [-0.39, 0.29) is 5.91 Å². The number of anilines is 1. The Morgan fingerprint density at radius 2 is 2.04 bits per heavy atom. The second kappa shape index (κ2) is 5.21. The molecule has 0 unspecified atom stereocenters. The Morgan fingerprint density at radius 1 is 1.17 bits per heavy atom. The maximum Gasteiger partial charge on any atom is 0.256 e. The van der Waals surface area contributed by atoms with E-state index in [9.17, 15) is 4.79 Å². The fourth-order valence-electron chi connectivity index (χ4n) is 2.90. The second-order valence-electron chi connectivity index (χ2n) is 5.73. The lowest BCUT2D eigenvalue weighted by molar-refractivity contribution is -0.110. The van der Waals surface area contributed by atoms with Crippen molar-refractivity contribution in [2.45, 2.75) is 13.8 Å².